The summed E-state index contributed by atoms with van der Waals surface area (Å²) in [4.78, 5) is 3.91. The van der Waals surface area contributed by atoms with Gasteiger partial charge in [0.05, 0.1) is 21.0 Å². The molecule has 1 atom stereocenters. The van der Waals surface area contributed by atoms with Gasteiger partial charge in [-0.15, -0.1) is 11.3 Å². The SMILES string of the molecule is CC1C=C(C(F)(F)F)C=c2ncsc2=C1. The summed E-state index contributed by atoms with van der Waals surface area (Å²) in [6, 6.07) is 0. The minimum Gasteiger partial charge on any atom is -0.245 e. The molecule has 0 spiro atoms. The standard InChI is InChI=1S/C10H8F3NS/c1-6-2-7(10(11,12)13)4-8-9(3-6)15-5-14-8/h2-6H,1H3. The van der Waals surface area contributed by atoms with E-state index in [2.05, 4.69) is 4.98 Å². The third-order valence-electron chi connectivity index (χ3n) is 2.10. The molecule has 5 heteroatoms. The number of alkyl halides is 3. The zero-order chi connectivity index (χ0) is 11.1. The molecule has 1 aromatic rings. The summed E-state index contributed by atoms with van der Waals surface area (Å²) in [5, 5.41) is 0.410. The van der Waals surface area contributed by atoms with Crippen LogP contribution in [0.4, 0.5) is 13.2 Å². The van der Waals surface area contributed by atoms with Crippen LogP contribution in [-0.2, 0) is 0 Å². The Morgan fingerprint density at radius 2 is 2.07 bits per heavy atom. The van der Waals surface area contributed by atoms with E-state index in [0.29, 0.717) is 5.35 Å². The van der Waals surface area contributed by atoms with E-state index in [1.807, 2.05) is 0 Å². The Hall–Kier alpha value is -1.10. The van der Waals surface area contributed by atoms with Crippen LogP contribution in [0.1, 0.15) is 6.92 Å². The van der Waals surface area contributed by atoms with Crippen LogP contribution in [0.25, 0.3) is 12.2 Å². The van der Waals surface area contributed by atoms with Crippen molar-refractivity contribution in [1.82, 2.24) is 4.98 Å². The molecule has 0 N–H and O–H groups in total. The van der Waals surface area contributed by atoms with Gasteiger partial charge < -0.3 is 0 Å². The molecule has 0 fully saturated rings. The van der Waals surface area contributed by atoms with Crippen LogP contribution in [0.15, 0.2) is 17.2 Å². The highest BCUT2D eigenvalue weighted by Gasteiger charge is 2.32. The van der Waals surface area contributed by atoms with Gasteiger partial charge in [0.1, 0.15) is 0 Å². The predicted molar refractivity (Wildman–Crippen MR) is 53.6 cm³/mol. The Morgan fingerprint density at radius 3 is 2.73 bits per heavy atom. The van der Waals surface area contributed by atoms with Crippen LogP contribution in [0.5, 0.6) is 0 Å². The lowest BCUT2D eigenvalue weighted by Gasteiger charge is -2.07. The first-order valence-electron chi connectivity index (χ1n) is 4.39. The quantitative estimate of drug-likeness (QED) is 0.664. The maximum atomic E-state index is 12.6. The van der Waals surface area contributed by atoms with Crippen molar-refractivity contribution in [1.29, 1.82) is 0 Å². The number of hydrogen-bond acceptors (Lipinski definition) is 2. The van der Waals surface area contributed by atoms with Crippen LogP contribution in [0.3, 0.4) is 0 Å². The van der Waals surface area contributed by atoms with Crippen LogP contribution >= 0.6 is 11.3 Å². The molecule has 15 heavy (non-hydrogen) atoms. The lowest BCUT2D eigenvalue weighted by Crippen LogP contribution is -2.22. The maximum absolute atomic E-state index is 12.6. The van der Waals surface area contributed by atoms with Gasteiger partial charge in [-0.05, 0) is 12.0 Å². The van der Waals surface area contributed by atoms with Crippen molar-refractivity contribution < 1.29 is 13.2 Å². The molecule has 1 nitrogen and oxygen atoms in total. The minimum atomic E-state index is -4.30. The van der Waals surface area contributed by atoms with Crippen molar-refractivity contribution in [3.05, 3.63) is 27.0 Å². The van der Waals surface area contributed by atoms with Crippen molar-refractivity contribution in [3.63, 3.8) is 0 Å². The summed E-state index contributed by atoms with van der Waals surface area (Å²) in [6.45, 7) is 1.73. The Balaban J connectivity index is 2.63. The zero-order valence-electron chi connectivity index (χ0n) is 7.88. The van der Waals surface area contributed by atoms with Gasteiger partial charge in [0.15, 0.2) is 0 Å². The average molecular weight is 231 g/mol. The van der Waals surface area contributed by atoms with Crippen molar-refractivity contribution in [3.8, 4) is 0 Å². The molecule has 0 radical (unpaired) electrons. The molecule has 2 rings (SSSR count). The molecule has 0 aliphatic heterocycles. The van der Waals surface area contributed by atoms with Crippen molar-refractivity contribution >= 4 is 23.5 Å². The van der Waals surface area contributed by atoms with Crippen LogP contribution in [0, 0.1) is 5.92 Å². The van der Waals surface area contributed by atoms with E-state index in [9.17, 15) is 13.2 Å². The van der Waals surface area contributed by atoms with E-state index in [-0.39, 0.29) is 5.92 Å². The summed E-state index contributed by atoms with van der Waals surface area (Å²) >= 11 is 1.36. The molecule has 1 heterocycles. The highest BCUT2D eigenvalue weighted by atomic mass is 32.1. The Kier molecular flexibility index (Phi) is 2.42. The van der Waals surface area contributed by atoms with Gasteiger partial charge in [-0.2, -0.15) is 13.2 Å². The molecule has 80 valence electrons. The topological polar surface area (TPSA) is 12.9 Å². The number of hydrogen-bond donors (Lipinski definition) is 0. The molecule has 1 aliphatic carbocycles. The number of fused-ring (bicyclic) bond motifs is 1. The van der Waals surface area contributed by atoms with Gasteiger partial charge in [-0.1, -0.05) is 19.1 Å². The van der Waals surface area contributed by atoms with Gasteiger partial charge >= 0.3 is 6.18 Å². The minimum absolute atomic E-state index is 0.223. The molecule has 0 aromatic carbocycles. The molecule has 0 bridgehead atoms. The lowest BCUT2D eigenvalue weighted by molar-refractivity contribution is -0.0869. The summed E-state index contributed by atoms with van der Waals surface area (Å²) in [6.07, 6.45) is -0.185. The van der Waals surface area contributed by atoms with E-state index in [1.54, 1.807) is 18.5 Å². The molecule has 0 saturated carbocycles. The Labute approximate surface area is 88.3 Å². The molecule has 0 saturated heterocycles. The van der Waals surface area contributed by atoms with Gasteiger partial charge in [-0.25, -0.2) is 4.98 Å². The normalized spacial score (nSPS) is 20.8. The van der Waals surface area contributed by atoms with Gasteiger partial charge in [-0.3, -0.25) is 0 Å². The van der Waals surface area contributed by atoms with Crippen LogP contribution in [0.2, 0.25) is 0 Å². The molecule has 1 aromatic heterocycles. The lowest BCUT2D eigenvalue weighted by atomic mass is 10.1. The fraction of sp³-hybridized carbons (Fsp3) is 0.300. The van der Waals surface area contributed by atoms with E-state index >= 15 is 0 Å². The van der Waals surface area contributed by atoms with Crippen LogP contribution in [-0.4, -0.2) is 11.2 Å². The zero-order valence-corrected chi connectivity index (χ0v) is 8.69. The summed E-state index contributed by atoms with van der Waals surface area (Å²) < 4.78 is 38.5. The number of allylic oxidation sites excluding steroid dienone is 2. The summed E-state index contributed by atoms with van der Waals surface area (Å²) in [7, 11) is 0. The first kappa shape index (κ1) is 10.4. The number of halogens is 3. The Bertz CT molecular complexity index is 510. The maximum Gasteiger partial charge on any atom is 0.416 e. The third kappa shape index (κ3) is 2.12. The highest BCUT2D eigenvalue weighted by molar-refractivity contribution is 7.07. The van der Waals surface area contributed by atoms with Crippen molar-refractivity contribution in [2.75, 3.05) is 0 Å². The fourth-order valence-corrected chi connectivity index (χ4v) is 2.24. The second-order valence-corrected chi connectivity index (χ2v) is 4.28. The first-order valence-corrected chi connectivity index (χ1v) is 5.27. The predicted octanol–water partition coefficient (Wildman–Crippen LogP) is 1.84. The Morgan fingerprint density at radius 1 is 1.33 bits per heavy atom. The van der Waals surface area contributed by atoms with Crippen LogP contribution < -0.4 is 9.88 Å². The molecule has 0 amide bonds. The van der Waals surface area contributed by atoms with Crippen molar-refractivity contribution in [2.45, 2.75) is 13.1 Å². The third-order valence-corrected chi connectivity index (χ3v) is 2.91. The molecule has 1 aliphatic rings. The number of thiazole rings is 1. The van der Waals surface area contributed by atoms with E-state index < -0.39 is 11.7 Å². The largest absolute Gasteiger partial charge is 0.416 e. The number of aromatic nitrogens is 1. The molecular formula is C10H8F3NS. The first-order chi connectivity index (χ1) is 6.97. The summed E-state index contributed by atoms with van der Waals surface area (Å²) in [5.41, 5.74) is 0.944. The number of nitrogens with zero attached hydrogens (tertiary/aromatic N) is 1. The molecular weight excluding hydrogens is 223 g/mol. The van der Waals surface area contributed by atoms with Crippen molar-refractivity contribution in [2.24, 2.45) is 5.92 Å². The second-order valence-electron chi connectivity index (χ2n) is 3.39. The average Bonchev–Trinajstić information content (AvgIpc) is 2.44. The van der Waals surface area contributed by atoms with E-state index in [4.69, 9.17) is 0 Å². The van der Waals surface area contributed by atoms with Gasteiger partial charge in [0, 0.05) is 0 Å². The van der Waals surface area contributed by atoms with E-state index in [1.165, 1.54) is 17.4 Å². The summed E-state index contributed by atoms with van der Waals surface area (Å²) in [5.74, 6) is -0.223. The second kappa shape index (κ2) is 3.48. The monoisotopic (exact) mass is 231 g/mol. The molecule has 1 unspecified atom stereocenters. The van der Waals surface area contributed by atoms with Gasteiger partial charge in [0.25, 0.3) is 0 Å². The fourth-order valence-electron chi connectivity index (χ4n) is 1.44. The highest BCUT2D eigenvalue weighted by Crippen LogP contribution is 2.28. The van der Waals surface area contributed by atoms with E-state index in [0.717, 1.165) is 10.6 Å². The number of rotatable bonds is 0. The van der Waals surface area contributed by atoms with Gasteiger partial charge in [0.2, 0.25) is 0 Å². The smallest absolute Gasteiger partial charge is 0.245 e.